The number of piperidine rings is 1. The molecular weight excluding hydrogens is 301 g/mol. The number of hydrogen-bond acceptors (Lipinski definition) is 5. The van der Waals surface area contributed by atoms with E-state index in [0.717, 1.165) is 19.4 Å². The minimum absolute atomic E-state index is 0.0364. The van der Waals surface area contributed by atoms with Gasteiger partial charge in [0.05, 0.1) is 6.10 Å². The Kier molecular flexibility index (Phi) is 4.58. The lowest BCUT2D eigenvalue weighted by atomic mass is 9.89. The summed E-state index contributed by atoms with van der Waals surface area (Å²) >= 11 is 0. The largest absolute Gasteiger partial charge is 0.387 e. The fourth-order valence-corrected chi connectivity index (χ4v) is 2.91. The monoisotopic (exact) mass is 321 g/mol. The second-order valence-electron chi connectivity index (χ2n) is 6.05. The van der Waals surface area contributed by atoms with E-state index in [2.05, 4.69) is 15.8 Å². The van der Waals surface area contributed by atoms with E-state index < -0.39 is 11.7 Å². The van der Waals surface area contributed by atoms with Crippen LogP contribution in [0.1, 0.15) is 30.9 Å². The number of amides is 1. The number of nitrogens with one attached hydrogen (secondary N) is 2. The standard InChI is InChI=1S/C16H20FN3O3/c17-12-4-2-11(3-5-12)14(21)9-19-15(22)13-8-16(23-20-13)6-1-7-18-10-16/h2-5,14,18,21H,1,6-10H2,(H,19,22)/t14-,16-/m0/s1. The molecule has 6 nitrogen and oxygen atoms in total. The number of carbonyl (C=O) groups is 1. The lowest BCUT2D eigenvalue weighted by Gasteiger charge is -2.30. The summed E-state index contributed by atoms with van der Waals surface area (Å²) < 4.78 is 12.9. The fourth-order valence-electron chi connectivity index (χ4n) is 2.91. The summed E-state index contributed by atoms with van der Waals surface area (Å²) in [7, 11) is 0. The predicted octanol–water partition coefficient (Wildman–Crippen LogP) is 0.874. The van der Waals surface area contributed by atoms with Crippen LogP contribution in [0.5, 0.6) is 0 Å². The Morgan fingerprint density at radius 3 is 2.96 bits per heavy atom. The maximum atomic E-state index is 12.9. The SMILES string of the molecule is O=C(NC[C@H](O)c1ccc(F)cc1)C1=NO[C@@]2(CCCNC2)C1. The lowest BCUT2D eigenvalue weighted by molar-refractivity contribution is -0.115. The second-order valence-corrected chi connectivity index (χ2v) is 6.05. The van der Waals surface area contributed by atoms with Crippen molar-refractivity contribution in [2.24, 2.45) is 5.16 Å². The van der Waals surface area contributed by atoms with E-state index in [0.29, 0.717) is 24.2 Å². The van der Waals surface area contributed by atoms with Crippen molar-refractivity contribution in [3.8, 4) is 0 Å². The molecule has 0 aliphatic carbocycles. The number of hydrogen-bond donors (Lipinski definition) is 3. The Labute approximate surface area is 133 Å². The van der Waals surface area contributed by atoms with Crippen molar-refractivity contribution in [2.75, 3.05) is 19.6 Å². The number of oxime groups is 1. The van der Waals surface area contributed by atoms with Crippen LogP contribution in [0, 0.1) is 5.82 Å². The van der Waals surface area contributed by atoms with Gasteiger partial charge in [-0.1, -0.05) is 17.3 Å². The molecule has 3 N–H and O–H groups in total. The summed E-state index contributed by atoms with van der Waals surface area (Å²) in [6.07, 6.45) is 1.44. The van der Waals surface area contributed by atoms with Gasteiger partial charge in [-0.05, 0) is 37.1 Å². The third-order valence-corrected chi connectivity index (χ3v) is 4.25. The molecule has 2 atom stereocenters. The second kappa shape index (κ2) is 6.64. The van der Waals surface area contributed by atoms with E-state index in [4.69, 9.17) is 4.84 Å². The first-order valence-electron chi connectivity index (χ1n) is 7.75. The summed E-state index contributed by atoms with van der Waals surface area (Å²) in [5.41, 5.74) is 0.491. The number of carbonyl (C=O) groups excluding carboxylic acids is 1. The summed E-state index contributed by atoms with van der Waals surface area (Å²) in [6, 6.07) is 5.53. The molecule has 0 aromatic heterocycles. The highest BCUT2D eigenvalue weighted by atomic mass is 19.1. The van der Waals surface area contributed by atoms with Crippen LogP contribution in [0.15, 0.2) is 29.4 Å². The molecule has 3 rings (SSSR count). The zero-order chi connectivity index (χ0) is 16.3. The van der Waals surface area contributed by atoms with Crippen LogP contribution >= 0.6 is 0 Å². The highest BCUT2D eigenvalue weighted by molar-refractivity contribution is 6.39. The lowest BCUT2D eigenvalue weighted by Crippen LogP contribution is -2.46. The van der Waals surface area contributed by atoms with Crippen LogP contribution in [0.2, 0.25) is 0 Å². The van der Waals surface area contributed by atoms with Gasteiger partial charge in [-0.3, -0.25) is 4.79 Å². The molecule has 2 aliphatic heterocycles. The first-order chi connectivity index (χ1) is 11.1. The van der Waals surface area contributed by atoms with Crippen molar-refractivity contribution < 1.29 is 19.1 Å². The van der Waals surface area contributed by atoms with Gasteiger partial charge >= 0.3 is 0 Å². The number of benzene rings is 1. The van der Waals surface area contributed by atoms with Crippen LogP contribution in [0.3, 0.4) is 0 Å². The van der Waals surface area contributed by atoms with Crippen molar-refractivity contribution in [3.63, 3.8) is 0 Å². The topological polar surface area (TPSA) is 83.0 Å². The molecule has 1 spiro atoms. The molecule has 0 saturated carbocycles. The highest BCUT2D eigenvalue weighted by Crippen LogP contribution is 2.30. The molecule has 1 aromatic carbocycles. The normalized spacial score (nSPS) is 24.9. The molecule has 1 amide bonds. The first-order valence-corrected chi connectivity index (χ1v) is 7.75. The molecule has 1 fully saturated rings. The molecule has 124 valence electrons. The molecule has 1 aromatic rings. The van der Waals surface area contributed by atoms with E-state index in [1.54, 1.807) is 0 Å². The molecule has 2 heterocycles. The van der Waals surface area contributed by atoms with Gasteiger partial charge in [-0.15, -0.1) is 0 Å². The molecule has 23 heavy (non-hydrogen) atoms. The Morgan fingerprint density at radius 1 is 1.48 bits per heavy atom. The molecule has 1 saturated heterocycles. The van der Waals surface area contributed by atoms with Gasteiger partial charge in [0.2, 0.25) is 0 Å². The molecule has 0 bridgehead atoms. The summed E-state index contributed by atoms with van der Waals surface area (Å²) in [4.78, 5) is 17.6. The first kappa shape index (κ1) is 15.9. The van der Waals surface area contributed by atoms with Crippen molar-refractivity contribution >= 4 is 11.6 Å². The van der Waals surface area contributed by atoms with Crippen molar-refractivity contribution in [2.45, 2.75) is 31.0 Å². The zero-order valence-corrected chi connectivity index (χ0v) is 12.7. The van der Waals surface area contributed by atoms with Crippen molar-refractivity contribution in [1.82, 2.24) is 10.6 Å². The van der Waals surface area contributed by atoms with Gasteiger partial charge in [0.1, 0.15) is 11.5 Å². The van der Waals surface area contributed by atoms with Crippen molar-refractivity contribution in [3.05, 3.63) is 35.6 Å². The number of nitrogens with zero attached hydrogens (tertiary/aromatic N) is 1. The summed E-state index contributed by atoms with van der Waals surface area (Å²) in [6.45, 7) is 1.68. The van der Waals surface area contributed by atoms with Crippen LogP contribution < -0.4 is 10.6 Å². The zero-order valence-electron chi connectivity index (χ0n) is 12.7. The Balaban J connectivity index is 1.51. The number of aliphatic hydroxyl groups excluding tert-OH is 1. The van der Waals surface area contributed by atoms with Gasteiger partial charge < -0.3 is 20.6 Å². The highest BCUT2D eigenvalue weighted by Gasteiger charge is 2.42. The van der Waals surface area contributed by atoms with E-state index in [1.807, 2.05) is 0 Å². The smallest absolute Gasteiger partial charge is 0.269 e. The van der Waals surface area contributed by atoms with Crippen molar-refractivity contribution in [1.29, 1.82) is 0 Å². The summed E-state index contributed by atoms with van der Waals surface area (Å²) in [5.74, 6) is -0.706. The van der Waals surface area contributed by atoms with Crippen LogP contribution in [-0.2, 0) is 9.63 Å². The molecule has 7 heteroatoms. The third kappa shape index (κ3) is 3.68. The van der Waals surface area contributed by atoms with E-state index in [1.165, 1.54) is 24.3 Å². The van der Waals surface area contributed by atoms with Crippen LogP contribution in [0.4, 0.5) is 4.39 Å². The molecule has 2 aliphatic rings. The van der Waals surface area contributed by atoms with Crippen LogP contribution in [-0.4, -0.2) is 42.0 Å². The maximum absolute atomic E-state index is 12.9. The molecule has 0 radical (unpaired) electrons. The van der Waals surface area contributed by atoms with Gasteiger partial charge in [0.15, 0.2) is 5.60 Å². The minimum Gasteiger partial charge on any atom is -0.387 e. The summed E-state index contributed by atoms with van der Waals surface area (Å²) in [5, 5.41) is 19.8. The maximum Gasteiger partial charge on any atom is 0.269 e. The number of halogens is 1. The number of aliphatic hydroxyl groups is 1. The average Bonchev–Trinajstić information content (AvgIpc) is 2.97. The molecular formula is C16H20FN3O3. The van der Waals surface area contributed by atoms with Gasteiger partial charge in [0, 0.05) is 19.5 Å². The predicted molar refractivity (Wildman–Crippen MR) is 82.3 cm³/mol. The Morgan fingerprint density at radius 2 is 2.26 bits per heavy atom. The quantitative estimate of drug-likeness (QED) is 0.768. The van der Waals surface area contributed by atoms with Gasteiger partial charge in [-0.25, -0.2) is 4.39 Å². The van der Waals surface area contributed by atoms with E-state index in [-0.39, 0.29) is 18.3 Å². The Hall–Kier alpha value is -1.99. The van der Waals surface area contributed by atoms with E-state index >= 15 is 0 Å². The average molecular weight is 321 g/mol. The van der Waals surface area contributed by atoms with Crippen LogP contribution in [0.25, 0.3) is 0 Å². The van der Waals surface area contributed by atoms with Gasteiger partial charge in [0.25, 0.3) is 5.91 Å². The fraction of sp³-hybridized carbons (Fsp3) is 0.500. The minimum atomic E-state index is -0.896. The third-order valence-electron chi connectivity index (χ3n) is 4.25. The number of rotatable bonds is 4. The van der Waals surface area contributed by atoms with E-state index in [9.17, 15) is 14.3 Å². The molecule has 0 unspecified atom stereocenters. The Bertz CT molecular complexity index is 597. The van der Waals surface area contributed by atoms with Gasteiger partial charge in [-0.2, -0.15) is 0 Å².